The van der Waals surface area contributed by atoms with Gasteiger partial charge in [-0.3, -0.25) is 9.48 Å². The number of carbonyl (C=O) groups is 1. The van der Waals surface area contributed by atoms with E-state index in [2.05, 4.69) is 10.1 Å². The first-order valence-corrected chi connectivity index (χ1v) is 4.45. The van der Waals surface area contributed by atoms with Crippen molar-refractivity contribution in [2.45, 2.75) is 13.5 Å². The molecule has 2 aromatic rings. The Morgan fingerprint density at radius 3 is 3.00 bits per heavy atom. The molecular formula is C9H9N3O3. The van der Waals surface area contributed by atoms with Crippen LogP contribution < -0.4 is 5.43 Å². The Morgan fingerprint density at radius 1 is 1.67 bits per heavy atom. The molecule has 78 valence electrons. The number of rotatable bonds is 2. The normalized spacial score (nSPS) is 10.7. The molecule has 2 N–H and O–H groups in total. The highest BCUT2D eigenvalue weighted by Crippen LogP contribution is 2.05. The van der Waals surface area contributed by atoms with E-state index in [1.54, 1.807) is 10.9 Å². The quantitative estimate of drug-likeness (QED) is 0.748. The predicted octanol–water partition coefficient (Wildman–Crippen LogP) is 0.443. The lowest BCUT2D eigenvalue weighted by molar-refractivity contribution is 0.0695. The Labute approximate surface area is 84.2 Å². The van der Waals surface area contributed by atoms with E-state index in [0.29, 0.717) is 17.6 Å². The number of nitrogens with zero attached hydrogens (tertiary/aromatic N) is 2. The van der Waals surface area contributed by atoms with E-state index in [4.69, 9.17) is 5.11 Å². The molecule has 0 aliphatic carbocycles. The number of aryl methyl sites for hydroxylation is 1. The minimum atomic E-state index is -1.23. The summed E-state index contributed by atoms with van der Waals surface area (Å²) in [5.74, 6) is -1.23. The number of nitrogens with one attached hydrogen (secondary N) is 1. The fourth-order valence-corrected chi connectivity index (χ4v) is 1.37. The number of H-pyrrole nitrogens is 1. The van der Waals surface area contributed by atoms with Crippen molar-refractivity contribution in [1.82, 2.24) is 14.8 Å². The van der Waals surface area contributed by atoms with Crippen molar-refractivity contribution in [2.75, 3.05) is 0 Å². The molecule has 0 aliphatic rings. The summed E-state index contributed by atoms with van der Waals surface area (Å²) in [6, 6.07) is 0. The van der Waals surface area contributed by atoms with Crippen LogP contribution in [0, 0.1) is 0 Å². The molecule has 0 radical (unpaired) electrons. The number of pyridine rings is 1. The maximum atomic E-state index is 11.6. The van der Waals surface area contributed by atoms with Gasteiger partial charge in [0.05, 0.1) is 5.39 Å². The number of hydrogen-bond donors (Lipinski definition) is 2. The van der Waals surface area contributed by atoms with Crippen LogP contribution in [-0.4, -0.2) is 25.8 Å². The molecule has 0 aromatic carbocycles. The lowest BCUT2D eigenvalue weighted by Crippen LogP contribution is -2.14. The van der Waals surface area contributed by atoms with Gasteiger partial charge in [-0.15, -0.1) is 0 Å². The average molecular weight is 207 g/mol. The summed E-state index contributed by atoms with van der Waals surface area (Å²) in [5, 5.41) is 13.1. The van der Waals surface area contributed by atoms with Gasteiger partial charge >= 0.3 is 5.97 Å². The number of fused-ring (bicyclic) bond motifs is 1. The molecule has 0 saturated heterocycles. The number of aromatic nitrogens is 3. The van der Waals surface area contributed by atoms with Crippen molar-refractivity contribution < 1.29 is 9.90 Å². The summed E-state index contributed by atoms with van der Waals surface area (Å²) >= 11 is 0. The Kier molecular flexibility index (Phi) is 2.03. The van der Waals surface area contributed by atoms with E-state index >= 15 is 0 Å². The number of carboxylic acids is 1. The van der Waals surface area contributed by atoms with Crippen LogP contribution in [0.25, 0.3) is 11.0 Å². The van der Waals surface area contributed by atoms with Crippen LogP contribution in [0.3, 0.4) is 0 Å². The molecule has 0 saturated carbocycles. The van der Waals surface area contributed by atoms with Crippen molar-refractivity contribution >= 4 is 17.0 Å². The zero-order valence-electron chi connectivity index (χ0n) is 8.02. The van der Waals surface area contributed by atoms with Crippen molar-refractivity contribution in [3.8, 4) is 0 Å². The summed E-state index contributed by atoms with van der Waals surface area (Å²) in [6.45, 7) is 2.51. The maximum Gasteiger partial charge on any atom is 0.341 e. The number of hydrogen-bond acceptors (Lipinski definition) is 3. The summed E-state index contributed by atoms with van der Waals surface area (Å²) in [5.41, 5.74) is -0.360. The molecule has 2 rings (SSSR count). The zero-order chi connectivity index (χ0) is 11.0. The van der Waals surface area contributed by atoms with Crippen LogP contribution in [0.4, 0.5) is 0 Å². The molecule has 2 aromatic heterocycles. The molecule has 6 heteroatoms. The topological polar surface area (TPSA) is 88.0 Å². The van der Waals surface area contributed by atoms with Crippen LogP contribution in [-0.2, 0) is 6.54 Å². The fraction of sp³-hybridized carbons (Fsp3) is 0.222. The van der Waals surface area contributed by atoms with Gasteiger partial charge in [-0.05, 0) is 6.92 Å². The van der Waals surface area contributed by atoms with E-state index in [9.17, 15) is 9.59 Å². The van der Waals surface area contributed by atoms with E-state index < -0.39 is 11.4 Å². The molecule has 0 aliphatic heterocycles. The maximum absolute atomic E-state index is 11.6. The molecule has 2 heterocycles. The first-order chi connectivity index (χ1) is 7.13. The molecule has 6 nitrogen and oxygen atoms in total. The van der Waals surface area contributed by atoms with Crippen LogP contribution in [0.1, 0.15) is 17.3 Å². The van der Waals surface area contributed by atoms with Gasteiger partial charge in [0, 0.05) is 18.9 Å². The largest absolute Gasteiger partial charge is 0.477 e. The second-order valence-corrected chi connectivity index (χ2v) is 3.08. The molecule has 0 fully saturated rings. The lowest BCUT2D eigenvalue weighted by Gasteiger charge is -1.91. The van der Waals surface area contributed by atoms with Crippen molar-refractivity contribution in [1.29, 1.82) is 0 Å². The number of aromatic carboxylic acids is 1. The van der Waals surface area contributed by atoms with Crippen molar-refractivity contribution in [2.24, 2.45) is 0 Å². The van der Waals surface area contributed by atoms with Gasteiger partial charge in [-0.2, -0.15) is 5.10 Å². The average Bonchev–Trinajstić information content (AvgIpc) is 2.61. The second-order valence-electron chi connectivity index (χ2n) is 3.08. The highest BCUT2D eigenvalue weighted by molar-refractivity contribution is 5.91. The monoisotopic (exact) mass is 207 g/mol. The molecule has 0 bridgehead atoms. The van der Waals surface area contributed by atoms with E-state index in [-0.39, 0.29) is 5.56 Å². The van der Waals surface area contributed by atoms with Gasteiger partial charge < -0.3 is 10.1 Å². The minimum Gasteiger partial charge on any atom is -0.477 e. The van der Waals surface area contributed by atoms with Gasteiger partial charge in [0.1, 0.15) is 5.56 Å². The standard InChI is InChI=1S/C9H9N3O3/c1-2-12-4-6-7(13)5(9(14)15)3-10-8(6)11-12/h3-4H,2H2,1H3,(H,10,11)(H,14,15). The van der Waals surface area contributed by atoms with E-state index in [0.717, 1.165) is 0 Å². The van der Waals surface area contributed by atoms with Crippen molar-refractivity contribution in [3.63, 3.8) is 0 Å². The predicted molar refractivity (Wildman–Crippen MR) is 53.0 cm³/mol. The van der Waals surface area contributed by atoms with Gasteiger partial charge in [0.15, 0.2) is 5.65 Å². The highest BCUT2D eigenvalue weighted by Gasteiger charge is 2.13. The van der Waals surface area contributed by atoms with Gasteiger partial charge in [-0.1, -0.05) is 0 Å². The Hall–Kier alpha value is -2.11. The Bertz CT molecular complexity index is 582. The number of carboxylic acid groups (broad SMARTS) is 1. The highest BCUT2D eigenvalue weighted by atomic mass is 16.4. The fourth-order valence-electron chi connectivity index (χ4n) is 1.37. The van der Waals surface area contributed by atoms with Crippen LogP contribution in [0.2, 0.25) is 0 Å². The van der Waals surface area contributed by atoms with Gasteiger partial charge in [0.2, 0.25) is 5.43 Å². The molecule has 0 atom stereocenters. The van der Waals surface area contributed by atoms with Gasteiger partial charge in [0.25, 0.3) is 0 Å². The third-order valence-corrected chi connectivity index (χ3v) is 2.16. The third-order valence-electron chi connectivity index (χ3n) is 2.16. The summed E-state index contributed by atoms with van der Waals surface area (Å²) in [7, 11) is 0. The summed E-state index contributed by atoms with van der Waals surface area (Å²) in [4.78, 5) is 25.0. The van der Waals surface area contributed by atoms with E-state index in [1.165, 1.54) is 6.20 Å². The van der Waals surface area contributed by atoms with Crippen LogP contribution in [0.15, 0.2) is 17.2 Å². The molecule has 0 amide bonds. The molecule has 15 heavy (non-hydrogen) atoms. The minimum absolute atomic E-state index is 0.266. The first-order valence-electron chi connectivity index (χ1n) is 4.45. The molecule has 0 spiro atoms. The molecular weight excluding hydrogens is 198 g/mol. The lowest BCUT2D eigenvalue weighted by atomic mass is 10.2. The van der Waals surface area contributed by atoms with Crippen LogP contribution in [0.5, 0.6) is 0 Å². The number of aromatic amines is 1. The molecule has 0 unspecified atom stereocenters. The summed E-state index contributed by atoms with van der Waals surface area (Å²) in [6.07, 6.45) is 2.71. The third kappa shape index (κ3) is 1.39. The first kappa shape index (κ1) is 9.45. The van der Waals surface area contributed by atoms with E-state index in [1.807, 2.05) is 6.92 Å². The smallest absolute Gasteiger partial charge is 0.341 e. The Morgan fingerprint density at radius 2 is 2.40 bits per heavy atom. The zero-order valence-corrected chi connectivity index (χ0v) is 8.02. The second kappa shape index (κ2) is 3.23. The SMILES string of the molecule is CCn1cc2c(=O)c(C(=O)O)c[nH]c2n1. The van der Waals surface area contributed by atoms with Crippen molar-refractivity contribution in [3.05, 3.63) is 28.2 Å². The van der Waals surface area contributed by atoms with Crippen LogP contribution >= 0.6 is 0 Å². The summed E-state index contributed by atoms with van der Waals surface area (Å²) < 4.78 is 1.58. The Balaban J connectivity index is 2.78. The van der Waals surface area contributed by atoms with Gasteiger partial charge in [-0.25, -0.2) is 4.79 Å².